The lowest BCUT2D eigenvalue weighted by molar-refractivity contribution is 0.00204. The molecule has 38 heavy (non-hydrogen) atoms. The highest BCUT2D eigenvalue weighted by Gasteiger charge is 2.31. The van der Waals surface area contributed by atoms with Crippen molar-refractivity contribution in [1.29, 1.82) is 0 Å². The Labute approximate surface area is 228 Å². The van der Waals surface area contributed by atoms with Crippen molar-refractivity contribution in [2.45, 2.75) is 45.6 Å². The van der Waals surface area contributed by atoms with Crippen molar-refractivity contribution in [3.8, 4) is 27.7 Å². The van der Waals surface area contributed by atoms with Crippen LogP contribution in [0.15, 0.2) is 66.7 Å². The van der Waals surface area contributed by atoms with Crippen molar-refractivity contribution in [2.24, 2.45) is 5.92 Å². The predicted molar refractivity (Wildman–Crippen MR) is 155 cm³/mol. The van der Waals surface area contributed by atoms with Crippen molar-refractivity contribution >= 4 is 27.2 Å². The van der Waals surface area contributed by atoms with Gasteiger partial charge in [-0.3, -0.25) is 9.69 Å². The number of aromatic hydroxyl groups is 2. The van der Waals surface area contributed by atoms with Gasteiger partial charge in [0.25, 0.3) is 0 Å². The third-order valence-corrected chi connectivity index (χ3v) is 8.32. The van der Waals surface area contributed by atoms with Crippen molar-refractivity contribution in [3.63, 3.8) is 0 Å². The lowest BCUT2D eigenvalue weighted by atomic mass is 9.84. The predicted octanol–water partition coefficient (Wildman–Crippen LogP) is 7.49. The molecule has 3 aromatic carbocycles. The van der Waals surface area contributed by atoms with Crippen LogP contribution < -0.4 is 4.74 Å². The topological polar surface area (TPSA) is 70.0 Å². The lowest BCUT2D eigenvalue weighted by Gasteiger charge is -2.42. The van der Waals surface area contributed by atoms with E-state index < -0.39 is 0 Å². The number of hydrogen-bond acceptors (Lipinski definition) is 6. The van der Waals surface area contributed by atoms with E-state index in [1.54, 1.807) is 42.5 Å². The van der Waals surface area contributed by atoms with Gasteiger partial charge in [0.2, 0.25) is 0 Å². The van der Waals surface area contributed by atoms with E-state index in [9.17, 15) is 15.0 Å². The number of carbonyl (C=O) groups excluding carboxylic acids is 1. The number of ketones is 1. The molecular formula is C32H35NO4S. The summed E-state index contributed by atoms with van der Waals surface area (Å²) in [4.78, 5) is 17.0. The number of fused-ring (bicyclic) bond motifs is 1. The highest BCUT2D eigenvalue weighted by molar-refractivity contribution is 7.22. The molecule has 2 fully saturated rings. The molecule has 5 nitrogen and oxygen atoms in total. The Morgan fingerprint density at radius 1 is 0.947 bits per heavy atom. The van der Waals surface area contributed by atoms with Gasteiger partial charge >= 0.3 is 0 Å². The Kier molecular flexibility index (Phi) is 8.01. The molecule has 0 radical (unpaired) electrons. The summed E-state index contributed by atoms with van der Waals surface area (Å²) in [5, 5.41) is 20.5. The second-order valence-electron chi connectivity index (χ2n) is 10.3. The van der Waals surface area contributed by atoms with E-state index in [0.717, 1.165) is 45.3 Å². The fourth-order valence-electron chi connectivity index (χ4n) is 4.94. The molecule has 0 bridgehead atoms. The zero-order valence-corrected chi connectivity index (χ0v) is 22.8. The average molecular weight is 530 g/mol. The third kappa shape index (κ3) is 5.71. The van der Waals surface area contributed by atoms with Crippen LogP contribution in [0.25, 0.3) is 20.5 Å². The maximum absolute atomic E-state index is 13.7. The number of nitrogens with zero attached hydrogens (tertiary/aromatic N) is 1. The van der Waals surface area contributed by atoms with Gasteiger partial charge in [-0.05, 0) is 91.1 Å². The van der Waals surface area contributed by atoms with Gasteiger partial charge in [0, 0.05) is 45.7 Å². The molecule has 1 aliphatic heterocycles. The monoisotopic (exact) mass is 529 g/mol. The first-order valence-corrected chi connectivity index (χ1v) is 14.4. The number of phenolic OH excluding ortho intramolecular Hbond substituents is 2. The molecule has 1 saturated carbocycles. The fraction of sp³-hybridized carbons (Fsp3) is 0.344. The summed E-state index contributed by atoms with van der Waals surface area (Å²) in [7, 11) is 0. The van der Waals surface area contributed by atoms with Gasteiger partial charge in [0.15, 0.2) is 5.78 Å². The first-order chi connectivity index (χ1) is 18.4. The molecule has 198 valence electrons. The molecule has 2 aliphatic rings. The molecule has 0 spiro atoms. The van der Waals surface area contributed by atoms with Crippen molar-refractivity contribution in [2.75, 3.05) is 19.6 Å². The van der Waals surface area contributed by atoms with Crippen LogP contribution in [-0.4, -0.2) is 46.6 Å². The summed E-state index contributed by atoms with van der Waals surface area (Å²) in [6.07, 6.45) is 5.58. The molecule has 2 heterocycles. The molecular weight excluding hydrogens is 494 g/mol. The van der Waals surface area contributed by atoms with E-state index in [1.165, 1.54) is 43.6 Å². The van der Waals surface area contributed by atoms with Gasteiger partial charge in [-0.15, -0.1) is 11.3 Å². The zero-order valence-electron chi connectivity index (χ0n) is 22.0. The summed E-state index contributed by atoms with van der Waals surface area (Å²) in [6, 6.07) is 19.3. The van der Waals surface area contributed by atoms with Crippen molar-refractivity contribution < 1.29 is 19.7 Å². The summed E-state index contributed by atoms with van der Waals surface area (Å²) in [5.41, 5.74) is 2.04. The summed E-state index contributed by atoms with van der Waals surface area (Å²) in [6.45, 7) is 7.39. The third-order valence-electron chi connectivity index (χ3n) is 7.11. The van der Waals surface area contributed by atoms with E-state index in [0.29, 0.717) is 11.1 Å². The van der Waals surface area contributed by atoms with Crippen molar-refractivity contribution in [3.05, 3.63) is 77.9 Å². The number of rotatable bonds is 7. The summed E-state index contributed by atoms with van der Waals surface area (Å²) >= 11 is 1.46. The quantitative estimate of drug-likeness (QED) is 0.243. The highest BCUT2D eigenvalue weighted by atomic mass is 32.1. The average Bonchev–Trinajstić information content (AvgIpc) is 3.23. The molecule has 6 heteroatoms. The second-order valence-corrected chi connectivity index (χ2v) is 11.4. The van der Waals surface area contributed by atoms with Crippen LogP contribution in [0, 0.1) is 5.92 Å². The summed E-state index contributed by atoms with van der Waals surface area (Å²) in [5.74, 6) is 1.93. The number of carbonyl (C=O) groups is 1. The van der Waals surface area contributed by atoms with Crippen LogP contribution >= 0.6 is 11.3 Å². The van der Waals surface area contributed by atoms with Crippen LogP contribution in [0.3, 0.4) is 0 Å². The SMILES string of the molecule is CCC.O=C(c1ccc(OC2CN(CC3CCC3)C2)cc1)c1c(-c2ccc(O)cc2)sc2cc(O)ccc12. The molecule has 0 amide bonds. The maximum atomic E-state index is 13.7. The molecule has 1 aliphatic carbocycles. The number of hydrogen-bond donors (Lipinski definition) is 2. The van der Waals surface area contributed by atoms with Crippen LogP contribution in [0.5, 0.6) is 17.2 Å². The Bertz CT molecular complexity index is 1380. The van der Waals surface area contributed by atoms with E-state index in [1.807, 2.05) is 24.3 Å². The van der Waals surface area contributed by atoms with E-state index >= 15 is 0 Å². The smallest absolute Gasteiger partial charge is 0.195 e. The molecule has 1 aromatic heterocycles. The minimum absolute atomic E-state index is 0.0770. The van der Waals surface area contributed by atoms with Crippen LogP contribution in [0.2, 0.25) is 0 Å². The Morgan fingerprint density at radius 3 is 2.24 bits per heavy atom. The first-order valence-electron chi connectivity index (χ1n) is 13.5. The number of benzene rings is 3. The van der Waals surface area contributed by atoms with Gasteiger partial charge < -0.3 is 14.9 Å². The molecule has 4 aromatic rings. The highest BCUT2D eigenvalue weighted by Crippen LogP contribution is 2.41. The van der Waals surface area contributed by atoms with Gasteiger partial charge in [-0.1, -0.05) is 26.7 Å². The van der Waals surface area contributed by atoms with Gasteiger partial charge in [-0.2, -0.15) is 0 Å². The Balaban J connectivity index is 0.000000937. The van der Waals surface area contributed by atoms with Crippen LogP contribution in [0.1, 0.15) is 55.5 Å². The number of ether oxygens (including phenoxy) is 1. The number of phenols is 2. The Hall–Kier alpha value is -3.35. The van der Waals surface area contributed by atoms with Gasteiger partial charge in [0.05, 0.1) is 0 Å². The largest absolute Gasteiger partial charge is 0.508 e. The van der Waals surface area contributed by atoms with Gasteiger partial charge in [0.1, 0.15) is 23.4 Å². The van der Waals surface area contributed by atoms with Gasteiger partial charge in [-0.25, -0.2) is 0 Å². The molecule has 1 saturated heterocycles. The second kappa shape index (κ2) is 11.6. The van der Waals surface area contributed by atoms with Crippen LogP contribution in [-0.2, 0) is 0 Å². The minimum atomic E-state index is -0.0770. The lowest BCUT2D eigenvalue weighted by Crippen LogP contribution is -2.55. The summed E-state index contributed by atoms with van der Waals surface area (Å²) < 4.78 is 6.97. The molecule has 0 unspecified atom stereocenters. The van der Waals surface area contributed by atoms with Crippen molar-refractivity contribution in [1.82, 2.24) is 4.90 Å². The number of thiophene rings is 1. The Morgan fingerprint density at radius 2 is 1.61 bits per heavy atom. The van der Waals surface area contributed by atoms with E-state index in [-0.39, 0.29) is 23.4 Å². The normalized spacial score (nSPS) is 15.8. The fourth-order valence-corrected chi connectivity index (χ4v) is 6.17. The standard InChI is InChI=1S/C29H27NO4S.C3H8/c31-21-8-4-20(5-9-21)29-27(25-13-10-22(32)14-26(25)35-29)28(33)19-6-11-23(12-7-19)34-24-16-30(17-24)15-18-2-1-3-18;1-3-2/h4-14,18,24,31-32H,1-3,15-17H2;3H2,1-2H3. The molecule has 0 atom stereocenters. The molecule has 2 N–H and O–H groups in total. The van der Waals surface area contributed by atoms with E-state index in [4.69, 9.17) is 4.74 Å². The maximum Gasteiger partial charge on any atom is 0.195 e. The minimum Gasteiger partial charge on any atom is -0.508 e. The number of likely N-dealkylation sites (tertiary alicyclic amines) is 1. The first kappa shape index (κ1) is 26.3. The zero-order chi connectivity index (χ0) is 26.6. The van der Waals surface area contributed by atoms with Crippen LogP contribution in [0.4, 0.5) is 0 Å². The molecule has 6 rings (SSSR count). The van der Waals surface area contributed by atoms with E-state index in [2.05, 4.69) is 18.7 Å².